The van der Waals surface area contributed by atoms with Crippen molar-refractivity contribution >= 4 is 24.4 Å². The molecule has 0 aromatic heterocycles. The van der Waals surface area contributed by atoms with Gasteiger partial charge >= 0.3 is 5.97 Å². The zero-order valence-electron chi connectivity index (χ0n) is 25.3. The van der Waals surface area contributed by atoms with Crippen LogP contribution in [0, 0.1) is 34.0 Å². The summed E-state index contributed by atoms with van der Waals surface area (Å²) in [6.07, 6.45) is 1.96. The van der Waals surface area contributed by atoms with Gasteiger partial charge in [-0.25, -0.2) is 0 Å². The van der Waals surface area contributed by atoms with E-state index >= 15 is 0 Å². The molecule has 1 aromatic rings. The van der Waals surface area contributed by atoms with Crippen molar-refractivity contribution in [3.8, 4) is 6.07 Å². The van der Waals surface area contributed by atoms with E-state index in [1.807, 2.05) is 92.6 Å². The molecule has 0 aliphatic heterocycles. The van der Waals surface area contributed by atoms with Crippen LogP contribution in [-0.4, -0.2) is 40.9 Å². The number of thiol groups is 1. The van der Waals surface area contributed by atoms with Crippen LogP contribution in [0.2, 0.25) is 0 Å². The highest BCUT2D eigenvalue weighted by atomic mass is 32.1. The molecule has 0 saturated heterocycles. The van der Waals surface area contributed by atoms with E-state index in [-0.39, 0.29) is 36.5 Å². The van der Waals surface area contributed by atoms with Crippen molar-refractivity contribution in [2.24, 2.45) is 22.7 Å². The van der Waals surface area contributed by atoms with Crippen molar-refractivity contribution in [3.05, 3.63) is 35.9 Å². The summed E-state index contributed by atoms with van der Waals surface area (Å²) in [5.74, 6) is -0.702. The fraction of sp³-hybridized carbons (Fsp3) is 0.710. The average Bonchev–Trinajstić information content (AvgIpc) is 2.84. The maximum absolute atomic E-state index is 13.0. The quantitative estimate of drug-likeness (QED) is 0.196. The first kappa shape index (κ1) is 36.1. The number of hydrogen-bond donors (Lipinski definition) is 2. The van der Waals surface area contributed by atoms with Gasteiger partial charge in [-0.15, -0.1) is 0 Å². The van der Waals surface area contributed by atoms with E-state index < -0.39 is 21.5 Å². The number of esters is 1. The van der Waals surface area contributed by atoms with Gasteiger partial charge in [-0.1, -0.05) is 71.9 Å². The van der Waals surface area contributed by atoms with E-state index in [9.17, 15) is 14.9 Å². The van der Waals surface area contributed by atoms with Gasteiger partial charge in [0.1, 0.15) is 12.4 Å². The Kier molecular flexibility index (Phi) is 14.9. The predicted molar refractivity (Wildman–Crippen MR) is 157 cm³/mol. The number of methoxy groups -OCH3 is 1. The number of ether oxygens (including phenoxy) is 2. The first-order valence-corrected chi connectivity index (χ1v) is 13.8. The SMILES string of the molecule is CC(C)C(=O)CCC(C)(C#N)C(C)(C)CC(C(=O)OCc1ccccc1)C(C)(C)S.COC(C)(C)CCO. The van der Waals surface area contributed by atoms with Gasteiger partial charge < -0.3 is 14.6 Å². The Morgan fingerprint density at radius 3 is 1.97 bits per heavy atom. The molecule has 0 bridgehead atoms. The molecule has 7 heteroatoms. The molecule has 0 aliphatic rings. The Labute approximate surface area is 236 Å². The van der Waals surface area contributed by atoms with Crippen LogP contribution >= 0.6 is 12.6 Å². The smallest absolute Gasteiger partial charge is 0.310 e. The summed E-state index contributed by atoms with van der Waals surface area (Å²) in [5, 5.41) is 18.4. The van der Waals surface area contributed by atoms with E-state index in [4.69, 9.17) is 14.6 Å². The maximum Gasteiger partial charge on any atom is 0.310 e. The first-order valence-electron chi connectivity index (χ1n) is 13.4. The second-order valence-electron chi connectivity index (χ2n) is 12.4. The van der Waals surface area contributed by atoms with Gasteiger partial charge in [0, 0.05) is 30.8 Å². The number of benzene rings is 1. The van der Waals surface area contributed by atoms with Crippen LogP contribution in [0.3, 0.4) is 0 Å². The molecule has 0 heterocycles. The number of carbonyl (C=O) groups is 2. The third-order valence-corrected chi connectivity index (χ3v) is 7.91. The van der Waals surface area contributed by atoms with Crippen LogP contribution in [0.1, 0.15) is 93.6 Å². The number of Topliss-reactive ketones (excluding diaryl/α,β-unsaturated/α-hetero) is 1. The molecule has 0 saturated carbocycles. The van der Waals surface area contributed by atoms with Gasteiger partial charge in [0.15, 0.2) is 0 Å². The molecule has 0 radical (unpaired) electrons. The van der Waals surface area contributed by atoms with E-state index in [1.54, 1.807) is 7.11 Å². The fourth-order valence-corrected chi connectivity index (χ4v) is 3.96. The average molecular weight is 550 g/mol. The molecule has 2 atom stereocenters. The Hall–Kier alpha value is -1.88. The van der Waals surface area contributed by atoms with Crippen LogP contribution in [0.4, 0.5) is 0 Å². The fourth-order valence-electron chi connectivity index (χ4n) is 3.77. The molecule has 0 aliphatic carbocycles. The minimum Gasteiger partial charge on any atom is -0.461 e. The topological polar surface area (TPSA) is 96.6 Å². The lowest BCUT2D eigenvalue weighted by atomic mass is 9.60. The van der Waals surface area contributed by atoms with Crippen molar-refractivity contribution in [2.45, 2.75) is 105 Å². The summed E-state index contributed by atoms with van der Waals surface area (Å²) in [6, 6.07) is 12.0. The van der Waals surface area contributed by atoms with Gasteiger partial charge in [0.25, 0.3) is 0 Å². The molecule has 38 heavy (non-hydrogen) atoms. The van der Waals surface area contributed by atoms with E-state index in [2.05, 4.69) is 18.7 Å². The number of ketones is 1. The van der Waals surface area contributed by atoms with Gasteiger partial charge in [0.2, 0.25) is 0 Å². The lowest BCUT2D eigenvalue weighted by Crippen LogP contribution is -2.43. The number of nitrogens with zero attached hydrogens (tertiary/aromatic N) is 1. The van der Waals surface area contributed by atoms with Crippen LogP contribution in [0.15, 0.2) is 30.3 Å². The number of aliphatic hydroxyl groups excluding tert-OH is 1. The third-order valence-electron chi connectivity index (χ3n) is 7.60. The Bertz CT molecular complexity index is 899. The number of hydrogen-bond acceptors (Lipinski definition) is 7. The van der Waals surface area contributed by atoms with Gasteiger partial charge in [-0.3, -0.25) is 9.59 Å². The molecule has 216 valence electrons. The number of nitriles is 1. The van der Waals surface area contributed by atoms with Crippen molar-refractivity contribution in [2.75, 3.05) is 13.7 Å². The standard InChI is InChI=1S/C25H37NO3S.C6H14O2/c1-18(2)21(27)13-14-25(7,17-26)23(3,4)15-20(24(5,6)30)22(28)29-16-19-11-9-8-10-12-19;1-6(2,8-3)4-5-7/h8-12,18,20,30H,13-16H2,1-7H3;7H,4-5H2,1-3H3. The van der Waals surface area contributed by atoms with Crippen LogP contribution in [0.25, 0.3) is 0 Å². The molecular formula is C31H51NO5S. The summed E-state index contributed by atoms with van der Waals surface area (Å²) >= 11 is 4.68. The normalized spacial score (nSPS) is 14.5. The van der Waals surface area contributed by atoms with Gasteiger partial charge in [-0.05, 0) is 51.0 Å². The molecular weight excluding hydrogens is 498 g/mol. The molecule has 1 aromatic carbocycles. The highest BCUT2D eigenvalue weighted by molar-refractivity contribution is 7.81. The van der Waals surface area contributed by atoms with Crippen LogP contribution < -0.4 is 0 Å². The molecule has 0 fully saturated rings. The van der Waals surface area contributed by atoms with Crippen molar-refractivity contribution in [1.82, 2.24) is 0 Å². The summed E-state index contributed by atoms with van der Waals surface area (Å²) in [4.78, 5) is 25.1. The maximum atomic E-state index is 13.0. The minimum absolute atomic E-state index is 0.0480. The lowest BCUT2D eigenvalue weighted by Gasteiger charge is -2.43. The number of aliphatic hydroxyl groups is 1. The zero-order chi connectivity index (χ0) is 29.8. The lowest BCUT2D eigenvalue weighted by molar-refractivity contribution is -0.152. The molecule has 0 amide bonds. The Balaban J connectivity index is 0.00000147. The van der Waals surface area contributed by atoms with Gasteiger partial charge in [-0.2, -0.15) is 17.9 Å². The molecule has 2 unspecified atom stereocenters. The molecule has 1 N–H and O–H groups in total. The van der Waals surface area contributed by atoms with E-state index in [0.717, 1.165) is 5.56 Å². The monoisotopic (exact) mass is 549 g/mol. The van der Waals surface area contributed by atoms with Crippen LogP contribution in [0.5, 0.6) is 0 Å². The van der Waals surface area contributed by atoms with Crippen molar-refractivity contribution < 1.29 is 24.2 Å². The zero-order valence-corrected chi connectivity index (χ0v) is 26.2. The molecule has 1 rings (SSSR count). The summed E-state index contributed by atoms with van der Waals surface area (Å²) in [7, 11) is 1.65. The third kappa shape index (κ3) is 12.3. The summed E-state index contributed by atoms with van der Waals surface area (Å²) < 4.78 is 10.0. The summed E-state index contributed by atoms with van der Waals surface area (Å²) in [6.45, 7) is 17.7. The second-order valence-corrected chi connectivity index (χ2v) is 13.5. The van der Waals surface area contributed by atoms with E-state index in [0.29, 0.717) is 25.7 Å². The second kappa shape index (κ2) is 15.6. The Morgan fingerprint density at radius 2 is 1.58 bits per heavy atom. The predicted octanol–water partition coefficient (Wildman–Crippen LogP) is 6.80. The Morgan fingerprint density at radius 1 is 1.03 bits per heavy atom. The van der Waals surface area contributed by atoms with Crippen molar-refractivity contribution in [1.29, 1.82) is 5.26 Å². The van der Waals surface area contributed by atoms with Crippen molar-refractivity contribution in [3.63, 3.8) is 0 Å². The first-order chi connectivity index (χ1) is 17.4. The summed E-state index contributed by atoms with van der Waals surface area (Å²) in [5.41, 5.74) is -0.506. The highest BCUT2D eigenvalue weighted by Crippen LogP contribution is 2.49. The highest BCUT2D eigenvalue weighted by Gasteiger charge is 2.47. The minimum atomic E-state index is -0.755. The largest absolute Gasteiger partial charge is 0.461 e. The van der Waals surface area contributed by atoms with Crippen LogP contribution in [-0.2, 0) is 25.7 Å². The number of rotatable bonds is 14. The molecule has 6 nitrogen and oxygen atoms in total. The van der Waals surface area contributed by atoms with Gasteiger partial charge in [0.05, 0.1) is 23.0 Å². The number of carbonyl (C=O) groups excluding carboxylic acids is 2. The van der Waals surface area contributed by atoms with E-state index in [1.165, 1.54) is 0 Å². The molecule has 0 spiro atoms.